The van der Waals surface area contributed by atoms with Gasteiger partial charge >= 0.3 is 12.1 Å². The van der Waals surface area contributed by atoms with Crippen LogP contribution in [0.5, 0.6) is 0 Å². The Kier molecular flexibility index (Phi) is 8.15. The molecule has 4 rings (SSSR count). The third-order valence-corrected chi connectivity index (χ3v) is 7.16. The second kappa shape index (κ2) is 11.5. The van der Waals surface area contributed by atoms with E-state index in [1.807, 2.05) is 54.6 Å². The number of esters is 1. The second-order valence-electron chi connectivity index (χ2n) is 9.89. The van der Waals surface area contributed by atoms with Crippen molar-refractivity contribution in [3.8, 4) is 11.1 Å². The Labute approximate surface area is 223 Å². The Hall–Kier alpha value is -4.13. The summed E-state index contributed by atoms with van der Waals surface area (Å²) in [4.78, 5) is 40.5. The summed E-state index contributed by atoms with van der Waals surface area (Å²) >= 11 is 0. The molecule has 1 aliphatic carbocycles. The molecule has 0 unspecified atom stereocenters. The number of amides is 2. The number of nitrogens with one attached hydrogen (secondary N) is 1. The maximum absolute atomic E-state index is 13.6. The van der Waals surface area contributed by atoms with Gasteiger partial charge in [0.2, 0.25) is 5.91 Å². The fourth-order valence-corrected chi connectivity index (χ4v) is 4.79. The van der Waals surface area contributed by atoms with E-state index in [0.717, 1.165) is 27.8 Å². The third-order valence-electron chi connectivity index (χ3n) is 7.16. The minimum Gasteiger partial charge on any atom is -0.464 e. The molecule has 7 heteroatoms. The van der Waals surface area contributed by atoms with E-state index in [2.05, 4.69) is 29.6 Å². The largest absolute Gasteiger partial charge is 0.464 e. The van der Waals surface area contributed by atoms with Crippen LogP contribution in [-0.2, 0) is 25.5 Å². The third kappa shape index (κ3) is 5.57. The van der Waals surface area contributed by atoms with Gasteiger partial charge in [0.25, 0.3) is 0 Å². The molecule has 0 spiro atoms. The van der Waals surface area contributed by atoms with Crippen LogP contribution in [0, 0.1) is 0 Å². The summed E-state index contributed by atoms with van der Waals surface area (Å²) in [5, 5.41) is 2.76. The topological polar surface area (TPSA) is 84.9 Å². The molecule has 0 fully saturated rings. The number of likely N-dealkylation sites (N-methyl/N-ethyl adjacent to an activating group) is 1. The highest BCUT2D eigenvalue weighted by Gasteiger charge is 2.40. The fourth-order valence-electron chi connectivity index (χ4n) is 4.79. The average molecular weight is 515 g/mol. The number of hydrogen-bond acceptors (Lipinski definition) is 5. The number of alkyl carbamates (subject to hydrolysis) is 1. The van der Waals surface area contributed by atoms with E-state index in [4.69, 9.17) is 9.47 Å². The minimum atomic E-state index is -1.22. The first-order chi connectivity index (χ1) is 18.2. The molecule has 2 amide bonds. The van der Waals surface area contributed by atoms with E-state index in [1.54, 1.807) is 20.8 Å². The van der Waals surface area contributed by atoms with Crippen LogP contribution in [0.15, 0.2) is 78.9 Å². The number of carbonyl (C=O) groups excluding carboxylic acids is 3. The van der Waals surface area contributed by atoms with Crippen LogP contribution < -0.4 is 5.32 Å². The quantitative estimate of drug-likeness (QED) is 0.409. The molecule has 0 aromatic heterocycles. The Morgan fingerprint density at radius 1 is 0.868 bits per heavy atom. The van der Waals surface area contributed by atoms with Crippen molar-refractivity contribution in [2.45, 2.75) is 44.7 Å². The van der Waals surface area contributed by atoms with Gasteiger partial charge in [-0.1, -0.05) is 78.9 Å². The van der Waals surface area contributed by atoms with Crippen LogP contribution in [0.2, 0.25) is 0 Å². The van der Waals surface area contributed by atoms with Crippen molar-refractivity contribution in [1.29, 1.82) is 0 Å². The number of hydrogen-bond donors (Lipinski definition) is 1. The predicted octanol–water partition coefficient (Wildman–Crippen LogP) is 4.94. The summed E-state index contributed by atoms with van der Waals surface area (Å²) in [6.07, 6.45) is -0.448. The maximum Gasteiger partial charge on any atom is 0.407 e. The van der Waals surface area contributed by atoms with E-state index < -0.39 is 29.6 Å². The number of nitrogens with zero attached hydrogens (tertiary/aromatic N) is 1. The van der Waals surface area contributed by atoms with Crippen LogP contribution >= 0.6 is 0 Å². The summed E-state index contributed by atoms with van der Waals surface area (Å²) < 4.78 is 10.9. The van der Waals surface area contributed by atoms with Crippen LogP contribution in [0.25, 0.3) is 11.1 Å². The van der Waals surface area contributed by atoms with Crippen molar-refractivity contribution in [1.82, 2.24) is 10.2 Å². The summed E-state index contributed by atoms with van der Waals surface area (Å²) in [5.74, 6) is -1.03. The zero-order chi connectivity index (χ0) is 27.3. The Bertz CT molecular complexity index is 1260. The molecule has 0 bridgehead atoms. The van der Waals surface area contributed by atoms with Crippen molar-refractivity contribution < 1.29 is 23.9 Å². The van der Waals surface area contributed by atoms with Gasteiger partial charge in [-0.2, -0.15) is 0 Å². The van der Waals surface area contributed by atoms with Gasteiger partial charge < -0.3 is 19.7 Å². The fraction of sp³-hybridized carbons (Fsp3) is 0.323. The van der Waals surface area contributed by atoms with Gasteiger partial charge in [-0.05, 0) is 48.6 Å². The number of fused-ring (bicyclic) bond motifs is 3. The lowest BCUT2D eigenvalue weighted by molar-refractivity contribution is -0.160. The van der Waals surface area contributed by atoms with Crippen molar-refractivity contribution in [3.05, 3.63) is 95.6 Å². The SMILES string of the molecule is CCOC(=O)C(C)(C)N(C)C(=O)[C@H](Cc1ccccc1)NC(=O)OCC1c2ccccc2-c2ccccc21. The van der Waals surface area contributed by atoms with Gasteiger partial charge in [-0.25, -0.2) is 9.59 Å². The van der Waals surface area contributed by atoms with Gasteiger partial charge in [0.15, 0.2) is 0 Å². The standard InChI is InChI=1S/C31H34N2O5/c1-5-37-29(35)31(2,3)33(4)28(34)27(19-21-13-7-6-8-14-21)32-30(36)38-20-26-24-17-11-9-15-22(24)23-16-10-12-18-25(23)26/h6-18,26-27H,5,19-20H2,1-4H3,(H,32,36)/t27-/m0/s1. The Morgan fingerprint density at radius 3 is 2.00 bits per heavy atom. The highest BCUT2D eigenvalue weighted by Crippen LogP contribution is 2.44. The molecule has 0 saturated heterocycles. The Morgan fingerprint density at radius 2 is 1.42 bits per heavy atom. The first kappa shape index (κ1) is 26.9. The molecular formula is C31H34N2O5. The summed E-state index contributed by atoms with van der Waals surface area (Å²) in [6, 6.07) is 24.7. The monoisotopic (exact) mass is 514 g/mol. The molecule has 0 radical (unpaired) electrons. The normalized spacial score (nSPS) is 13.2. The minimum absolute atomic E-state index is 0.0955. The second-order valence-corrected chi connectivity index (χ2v) is 9.89. The zero-order valence-corrected chi connectivity index (χ0v) is 22.3. The molecule has 1 aliphatic rings. The van der Waals surface area contributed by atoms with E-state index in [9.17, 15) is 14.4 Å². The number of benzene rings is 3. The van der Waals surface area contributed by atoms with Crippen LogP contribution in [0.1, 0.15) is 43.4 Å². The molecule has 0 saturated carbocycles. The maximum atomic E-state index is 13.6. The first-order valence-corrected chi connectivity index (χ1v) is 12.8. The zero-order valence-electron chi connectivity index (χ0n) is 22.3. The van der Waals surface area contributed by atoms with Gasteiger partial charge in [0, 0.05) is 19.4 Å². The molecule has 7 nitrogen and oxygen atoms in total. The number of rotatable bonds is 9. The van der Waals surface area contributed by atoms with E-state index >= 15 is 0 Å². The van der Waals surface area contributed by atoms with Crippen molar-refractivity contribution in [2.24, 2.45) is 0 Å². The summed E-state index contributed by atoms with van der Waals surface area (Å²) in [7, 11) is 1.54. The van der Waals surface area contributed by atoms with E-state index in [-0.39, 0.29) is 25.6 Å². The summed E-state index contributed by atoms with van der Waals surface area (Å²) in [6.45, 7) is 5.30. The molecule has 3 aromatic rings. The number of ether oxygens (including phenoxy) is 2. The highest BCUT2D eigenvalue weighted by molar-refractivity contribution is 5.91. The van der Waals surface area contributed by atoms with Crippen molar-refractivity contribution in [2.75, 3.05) is 20.3 Å². The van der Waals surface area contributed by atoms with Crippen molar-refractivity contribution >= 4 is 18.0 Å². The average Bonchev–Trinajstić information content (AvgIpc) is 3.25. The molecular weight excluding hydrogens is 480 g/mol. The van der Waals surface area contributed by atoms with Crippen LogP contribution in [0.4, 0.5) is 4.79 Å². The van der Waals surface area contributed by atoms with E-state index in [0.29, 0.717) is 0 Å². The number of carbonyl (C=O) groups is 3. The van der Waals surface area contributed by atoms with Crippen LogP contribution in [0.3, 0.4) is 0 Å². The summed E-state index contributed by atoms with van der Waals surface area (Å²) in [5.41, 5.74) is 4.13. The van der Waals surface area contributed by atoms with Gasteiger partial charge in [-0.3, -0.25) is 4.79 Å². The van der Waals surface area contributed by atoms with Gasteiger partial charge in [0.05, 0.1) is 6.61 Å². The predicted molar refractivity (Wildman–Crippen MR) is 146 cm³/mol. The molecule has 0 heterocycles. The molecule has 198 valence electrons. The first-order valence-electron chi connectivity index (χ1n) is 12.8. The molecule has 1 N–H and O–H groups in total. The van der Waals surface area contributed by atoms with Gasteiger partial charge in [-0.15, -0.1) is 0 Å². The van der Waals surface area contributed by atoms with Crippen molar-refractivity contribution in [3.63, 3.8) is 0 Å². The van der Waals surface area contributed by atoms with Gasteiger partial charge in [0.1, 0.15) is 18.2 Å². The lowest BCUT2D eigenvalue weighted by Crippen LogP contribution is -2.58. The lowest BCUT2D eigenvalue weighted by atomic mass is 9.98. The highest BCUT2D eigenvalue weighted by atomic mass is 16.5. The molecule has 3 aromatic carbocycles. The lowest BCUT2D eigenvalue weighted by Gasteiger charge is -2.35. The van der Waals surface area contributed by atoms with Crippen LogP contribution in [-0.4, -0.2) is 54.7 Å². The molecule has 1 atom stereocenters. The molecule has 38 heavy (non-hydrogen) atoms. The van der Waals surface area contributed by atoms with E-state index in [1.165, 1.54) is 11.9 Å². The Balaban J connectivity index is 1.50. The smallest absolute Gasteiger partial charge is 0.407 e. The molecule has 0 aliphatic heterocycles.